The molecule has 0 aliphatic rings. The molecule has 1 aromatic heterocycles. The van der Waals surface area contributed by atoms with Crippen LogP contribution >= 0.6 is 11.3 Å². The third-order valence-corrected chi connectivity index (χ3v) is 4.26. The van der Waals surface area contributed by atoms with E-state index >= 15 is 0 Å². The van der Waals surface area contributed by atoms with E-state index in [0.29, 0.717) is 17.8 Å². The monoisotopic (exact) mass is 309 g/mol. The maximum absolute atomic E-state index is 13.1. The maximum atomic E-state index is 13.1. The highest BCUT2D eigenvalue weighted by molar-refractivity contribution is 7.20. The summed E-state index contributed by atoms with van der Waals surface area (Å²) in [6, 6.07) is 6.15. The van der Waals surface area contributed by atoms with E-state index in [4.69, 9.17) is 5.11 Å². The zero-order chi connectivity index (χ0) is 15.4. The SMILES string of the molecule is CC(CCC(=O)O)CNC(=O)c1cc2ccc(F)cc2s1. The van der Waals surface area contributed by atoms with E-state index in [9.17, 15) is 14.0 Å². The summed E-state index contributed by atoms with van der Waals surface area (Å²) in [6.07, 6.45) is 0.618. The Morgan fingerprint density at radius 3 is 2.86 bits per heavy atom. The lowest BCUT2D eigenvalue weighted by molar-refractivity contribution is -0.137. The van der Waals surface area contributed by atoms with E-state index in [1.807, 2.05) is 6.92 Å². The smallest absolute Gasteiger partial charge is 0.303 e. The summed E-state index contributed by atoms with van der Waals surface area (Å²) < 4.78 is 13.8. The first-order chi connectivity index (χ1) is 9.95. The van der Waals surface area contributed by atoms with Gasteiger partial charge in [-0.3, -0.25) is 9.59 Å². The second-order valence-corrected chi connectivity index (χ2v) is 6.12. The Hall–Kier alpha value is -1.95. The highest BCUT2D eigenvalue weighted by Crippen LogP contribution is 2.26. The largest absolute Gasteiger partial charge is 0.481 e. The van der Waals surface area contributed by atoms with Gasteiger partial charge in [0, 0.05) is 17.7 Å². The van der Waals surface area contributed by atoms with Gasteiger partial charge in [0.05, 0.1) is 4.88 Å². The molecule has 1 amide bonds. The molecule has 21 heavy (non-hydrogen) atoms. The number of nitrogens with one attached hydrogen (secondary N) is 1. The average molecular weight is 309 g/mol. The van der Waals surface area contributed by atoms with Crippen molar-refractivity contribution in [2.75, 3.05) is 6.54 Å². The number of benzene rings is 1. The van der Waals surface area contributed by atoms with Crippen LogP contribution in [-0.4, -0.2) is 23.5 Å². The van der Waals surface area contributed by atoms with E-state index in [-0.39, 0.29) is 24.1 Å². The van der Waals surface area contributed by atoms with Gasteiger partial charge in [0.25, 0.3) is 5.91 Å². The number of carbonyl (C=O) groups is 2. The summed E-state index contributed by atoms with van der Waals surface area (Å²) in [6.45, 7) is 2.32. The lowest BCUT2D eigenvalue weighted by Gasteiger charge is -2.10. The van der Waals surface area contributed by atoms with E-state index < -0.39 is 5.97 Å². The van der Waals surface area contributed by atoms with Crippen LogP contribution in [0.25, 0.3) is 10.1 Å². The van der Waals surface area contributed by atoms with Gasteiger partial charge in [-0.15, -0.1) is 11.3 Å². The lowest BCUT2D eigenvalue weighted by atomic mass is 10.1. The molecule has 4 nitrogen and oxygen atoms in total. The van der Waals surface area contributed by atoms with E-state index in [0.717, 1.165) is 10.1 Å². The zero-order valence-corrected chi connectivity index (χ0v) is 12.4. The Morgan fingerprint density at radius 2 is 2.14 bits per heavy atom. The number of aliphatic carboxylic acids is 1. The highest BCUT2D eigenvalue weighted by atomic mass is 32.1. The Balaban J connectivity index is 1.94. The second kappa shape index (κ2) is 6.67. The first kappa shape index (κ1) is 15.4. The maximum Gasteiger partial charge on any atom is 0.303 e. The number of fused-ring (bicyclic) bond motifs is 1. The van der Waals surface area contributed by atoms with Gasteiger partial charge < -0.3 is 10.4 Å². The van der Waals surface area contributed by atoms with Crippen molar-refractivity contribution in [1.29, 1.82) is 0 Å². The van der Waals surface area contributed by atoms with Gasteiger partial charge in [-0.1, -0.05) is 13.0 Å². The molecule has 0 aliphatic carbocycles. The Morgan fingerprint density at radius 1 is 1.38 bits per heavy atom. The fourth-order valence-electron chi connectivity index (χ4n) is 1.94. The molecule has 6 heteroatoms. The van der Waals surface area contributed by atoms with E-state index in [1.54, 1.807) is 12.1 Å². The van der Waals surface area contributed by atoms with Crippen LogP contribution in [0.15, 0.2) is 24.3 Å². The number of carboxylic acid groups (broad SMARTS) is 1. The summed E-state index contributed by atoms with van der Waals surface area (Å²) in [7, 11) is 0. The highest BCUT2D eigenvalue weighted by Gasteiger charge is 2.12. The van der Waals surface area contributed by atoms with Crippen molar-refractivity contribution in [3.05, 3.63) is 35.0 Å². The minimum absolute atomic E-state index is 0.0943. The molecule has 0 saturated carbocycles. The summed E-state index contributed by atoms with van der Waals surface area (Å²) in [4.78, 5) is 23.0. The molecule has 2 N–H and O–H groups in total. The van der Waals surface area contributed by atoms with Crippen LogP contribution in [-0.2, 0) is 4.79 Å². The number of rotatable bonds is 6. The Bertz CT molecular complexity index is 668. The van der Waals surface area contributed by atoms with Crippen LogP contribution in [0, 0.1) is 11.7 Å². The van der Waals surface area contributed by atoms with Crippen molar-refractivity contribution < 1.29 is 19.1 Å². The number of thiophene rings is 1. The number of hydrogen-bond donors (Lipinski definition) is 2. The van der Waals surface area contributed by atoms with Gasteiger partial charge in [0.2, 0.25) is 0 Å². The van der Waals surface area contributed by atoms with Gasteiger partial charge in [0.1, 0.15) is 5.82 Å². The lowest BCUT2D eigenvalue weighted by Crippen LogP contribution is -2.27. The second-order valence-electron chi connectivity index (χ2n) is 5.04. The number of carboxylic acids is 1. The molecule has 1 unspecified atom stereocenters. The molecule has 112 valence electrons. The van der Waals surface area contributed by atoms with Crippen molar-refractivity contribution in [1.82, 2.24) is 5.32 Å². The quantitative estimate of drug-likeness (QED) is 0.860. The molecule has 2 aromatic rings. The molecule has 1 aromatic carbocycles. The third-order valence-electron chi connectivity index (χ3n) is 3.17. The molecule has 0 radical (unpaired) electrons. The molecular weight excluding hydrogens is 293 g/mol. The first-order valence-electron chi connectivity index (χ1n) is 6.65. The predicted octanol–water partition coefficient (Wildman–Crippen LogP) is 3.27. The normalized spacial score (nSPS) is 12.3. The number of halogens is 1. The molecule has 0 spiro atoms. The van der Waals surface area contributed by atoms with Crippen molar-refractivity contribution in [3.63, 3.8) is 0 Å². The van der Waals surface area contributed by atoms with Crippen LogP contribution in [0.2, 0.25) is 0 Å². The molecular formula is C15H16FNO3S. The van der Waals surface area contributed by atoms with Gasteiger partial charge >= 0.3 is 5.97 Å². The van der Waals surface area contributed by atoms with Gasteiger partial charge in [-0.2, -0.15) is 0 Å². The van der Waals surface area contributed by atoms with Gasteiger partial charge in [-0.25, -0.2) is 4.39 Å². The summed E-state index contributed by atoms with van der Waals surface area (Å²) in [5.74, 6) is -1.27. The fraction of sp³-hybridized carbons (Fsp3) is 0.333. The molecule has 0 saturated heterocycles. The van der Waals surface area contributed by atoms with Crippen LogP contribution in [0.1, 0.15) is 29.4 Å². The van der Waals surface area contributed by atoms with Crippen molar-refractivity contribution in [3.8, 4) is 0 Å². The fourth-order valence-corrected chi connectivity index (χ4v) is 2.95. The third kappa shape index (κ3) is 4.26. The summed E-state index contributed by atoms with van der Waals surface area (Å²) in [5, 5.41) is 12.2. The minimum atomic E-state index is -0.834. The first-order valence-corrected chi connectivity index (χ1v) is 7.46. The predicted molar refractivity (Wildman–Crippen MR) is 80.2 cm³/mol. The van der Waals surface area contributed by atoms with Gasteiger partial charge in [0.15, 0.2) is 0 Å². The number of carbonyl (C=O) groups excluding carboxylic acids is 1. The topological polar surface area (TPSA) is 66.4 Å². The Kier molecular flexibility index (Phi) is 4.90. The van der Waals surface area contributed by atoms with Crippen LogP contribution < -0.4 is 5.32 Å². The molecule has 1 heterocycles. The zero-order valence-electron chi connectivity index (χ0n) is 11.6. The molecule has 0 aliphatic heterocycles. The molecule has 0 fully saturated rings. The van der Waals surface area contributed by atoms with Crippen molar-refractivity contribution in [2.45, 2.75) is 19.8 Å². The number of amides is 1. The van der Waals surface area contributed by atoms with E-state index in [1.165, 1.54) is 23.5 Å². The summed E-state index contributed by atoms with van der Waals surface area (Å²) >= 11 is 1.24. The van der Waals surface area contributed by atoms with Crippen LogP contribution in [0.5, 0.6) is 0 Å². The van der Waals surface area contributed by atoms with Crippen LogP contribution in [0.4, 0.5) is 4.39 Å². The summed E-state index contributed by atoms with van der Waals surface area (Å²) in [5.41, 5.74) is 0. The standard InChI is InChI=1S/C15H16FNO3S/c1-9(2-5-14(18)19)8-17-15(20)13-6-10-3-4-11(16)7-12(10)21-13/h3-4,6-7,9H,2,5,8H2,1H3,(H,17,20)(H,18,19). The molecule has 0 bridgehead atoms. The van der Waals surface area contributed by atoms with Crippen LogP contribution in [0.3, 0.4) is 0 Å². The molecule has 2 rings (SSSR count). The van der Waals surface area contributed by atoms with Crippen molar-refractivity contribution in [2.24, 2.45) is 5.92 Å². The van der Waals surface area contributed by atoms with E-state index in [2.05, 4.69) is 5.32 Å². The Labute approximate surface area is 125 Å². The molecule has 1 atom stereocenters. The van der Waals surface area contributed by atoms with Crippen molar-refractivity contribution >= 4 is 33.3 Å². The minimum Gasteiger partial charge on any atom is -0.481 e. The average Bonchev–Trinajstić information content (AvgIpc) is 2.85. The number of hydrogen-bond acceptors (Lipinski definition) is 3. The van der Waals surface area contributed by atoms with Gasteiger partial charge in [-0.05, 0) is 35.9 Å².